The number of hydrogen-bond donors (Lipinski definition) is 1. The number of fused-ring (bicyclic) bond motifs is 1. The Labute approximate surface area is 162 Å². The SMILES string of the molecule is CCOC(=O)C1CCC2=C(C#N)C(C)(NC(=O)OCc3ccccc3)C(=O)N21. The number of benzene rings is 1. The van der Waals surface area contributed by atoms with Crippen LogP contribution in [0.25, 0.3) is 0 Å². The van der Waals surface area contributed by atoms with E-state index in [2.05, 4.69) is 5.32 Å². The smallest absolute Gasteiger partial charge is 0.408 e. The predicted molar refractivity (Wildman–Crippen MR) is 97.3 cm³/mol. The summed E-state index contributed by atoms with van der Waals surface area (Å²) in [4.78, 5) is 38.8. The van der Waals surface area contributed by atoms with Gasteiger partial charge in [0.05, 0.1) is 18.2 Å². The topological polar surface area (TPSA) is 109 Å². The first-order valence-corrected chi connectivity index (χ1v) is 9.05. The highest BCUT2D eigenvalue weighted by Gasteiger charge is 2.56. The van der Waals surface area contributed by atoms with Crippen molar-refractivity contribution >= 4 is 18.0 Å². The molecule has 2 atom stereocenters. The molecular weight excluding hydrogens is 362 g/mol. The molecule has 2 aliphatic rings. The van der Waals surface area contributed by atoms with Gasteiger partial charge < -0.3 is 14.8 Å². The highest BCUT2D eigenvalue weighted by atomic mass is 16.5. The third-order valence-electron chi connectivity index (χ3n) is 4.93. The lowest BCUT2D eigenvalue weighted by molar-refractivity contribution is -0.152. The van der Waals surface area contributed by atoms with Crippen molar-refractivity contribution in [3.05, 3.63) is 47.2 Å². The molecule has 3 rings (SSSR count). The van der Waals surface area contributed by atoms with Gasteiger partial charge in [-0.2, -0.15) is 5.26 Å². The van der Waals surface area contributed by atoms with Crippen molar-refractivity contribution in [2.45, 2.75) is 44.9 Å². The van der Waals surface area contributed by atoms with E-state index >= 15 is 0 Å². The number of nitriles is 1. The van der Waals surface area contributed by atoms with Gasteiger partial charge in [0.2, 0.25) is 0 Å². The fourth-order valence-electron chi connectivity index (χ4n) is 3.57. The molecule has 8 heteroatoms. The Morgan fingerprint density at radius 1 is 1.32 bits per heavy atom. The lowest BCUT2D eigenvalue weighted by Gasteiger charge is -2.27. The van der Waals surface area contributed by atoms with Crippen LogP contribution in [0.5, 0.6) is 0 Å². The van der Waals surface area contributed by atoms with Gasteiger partial charge in [-0.1, -0.05) is 30.3 Å². The van der Waals surface area contributed by atoms with Crippen molar-refractivity contribution in [2.24, 2.45) is 0 Å². The predicted octanol–water partition coefficient (Wildman–Crippen LogP) is 2.02. The summed E-state index contributed by atoms with van der Waals surface area (Å²) < 4.78 is 10.2. The Morgan fingerprint density at radius 3 is 2.68 bits per heavy atom. The number of rotatable bonds is 5. The molecule has 2 aliphatic heterocycles. The fraction of sp³-hybridized carbons (Fsp3) is 0.400. The van der Waals surface area contributed by atoms with Crippen LogP contribution in [0.1, 0.15) is 32.3 Å². The summed E-state index contributed by atoms with van der Waals surface area (Å²) in [6.45, 7) is 3.36. The largest absolute Gasteiger partial charge is 0.464 e. The maximum Gasteiger partial charge on any atom is 0.408 e. The molecule has 146 valence electrons. The van der Waals surface area contributed by atoms with E-state index in [0.29, 0.717) is 18.5 Å². The van der Waals surface area contributed by atoms with Gasteiger partial charge in [0, 0.05) is 5.70 Å². The van der Waals surface area contributed by atoms with Crippen LogP contribution in [-0.2, 0) is 25.7 Å². The zero-order chi connectivity index (χ0) is 20.3. The molecule has 0 saturated carbocycles. The summed E-state index contributed by atoms with van der Waals surface area (Å²) in [5.74, 6) is -1.05. The number of esters is 1. The summed E-state index contributed by atoms with van der Waals surface area (Å²) in [6.07, 6.45) is -0.0458. The van der Waals surface area contributed by atoms with Crippen LogP contribution in [0.4, 0.5) is 4.79 Å². The molecular formula is C20H21N3O5. The Balaban J connectivity index is 1.76. The minimum Gasteiger partial charge on any atom is -0.464 e. The van der Waals surface area contributed by atoms with E-state index in [0.717, 1.165) is 5.56 Å². The van der Waals surface area contributed by atoms with Gasteiger partial charge in [-0.05, 0) is 32.3 Å². The third kappa shape index (κ3) is 3.31. The van der Waals surface area contributed by atoms with Crippen LogP contribution >= 0.6 is 0 Å². The molecule has 1 aromatic carbocycles. The summed E-state index contributed by atoms with van der Waals surface area (Å²) in [6, 6.07) is 10.3. The van der Waals surface area contributed by atoms with E-state index in [-0.39, 0.29) is 18.8 Å². The molecule has 1 fully saturated rings. The Bertz CT molecular complexity index is 874. The van der Waals surface area contributed by atoms with Gasteiger partial charge >= 0.3 is 12.1 Å². The number of alkyl carbamates (subject to hydrolysis) is 1. The second-order valence-corrected chi connectivity index (χ2v) is 6.73. The van der Waals surface area contributed by atoms with Crippen LogP contribution in [0, 0.1) is 11.3 Å². The fourth-order valence-corrected chi connectivity index (χ4v) is 3.57. The van der Waals surface area contributed by atoms with E-state index < -0.39 is 29.6 Å². The monoisotopic (exact) mass is 383 g/mol. The van der Waals surface area contributed by atoms with E-state index in [4.69, 9.17) is 9.47 Å². The first kappa shape index (κ1) is 19.4. The van der Waals surface area contributed by atoms with E-state index in [9.17, 15) is 19.6 Å². The Kier molecular flexibility index (Phi) is 5.36. The molecule has 0 bridgehead atoms. The van der Waals surface area contributed by atoms with Gasteiger partial charge in [-0.25, -0.2) is 9.59 Å². The van der Waals surface area contributed by atoms with Crippen LogP contribution in [-0.4, -0.2) is 41.1 Å². The summed E-state index contributed by atoms with van der Waals surface area (Å²) in [5.41, 5.74) is -0.206. The average molecular weight is 383 g/mol. The molecule has 8 nitrogen and oxygen atoms in total. The molecule has 0 spiro atoms. The number of nitrogens with one attached hydrogen (secondary N) is 1. The molecule has 0 aliphatic carbocycles. The minimum atomic E-state index is -1.58. The summed E-state index contributed by atoms with van der Waals surface area (Å²) in [5, 5.41) is 12.1. The highest BCUT2D eigenvalue weighted by molar-refractivity contribution is 6.01. The second kappa shape index (κ2) is 7.72. The van der Waals surface area contributed by atoms with Crippen LogP contribution < -0.4 is 5.32 Å². The molecule has 2 heterocycles. The van der Waals surface area contributed by atoms with Crippen LogP contribution in [0.15, 0.2) is 41.6 Å². The first-order chi connectivity index (χ1) is 13.4. The summed E-state index contributed by atoms with van der Waals surface area (Å²) in [7, 11) is 0. The number of carbonyl (C=O) groups excluding carboxylic acids is 3. The van der Waals surface area contributed by atoms with Crippen molar-refractivity contribution in [3.63, 3.8) is 0 Å². The lowest BCUT2D eigenvalue weighted by Crippen LogP contribution is -2.56. The zero-order valence-electron chi connectivity index (χ0n) is 15.7. The number of allylic oxidation sites excluding steroid dienone is 1. The third-order valence-corrected chi connectivity index (χ3v) is 4.93. The number of hydrogen-bond acceptors (Lipinski definition) is 6. The first-order valence-electron chi connectivity index (χ1n) is 9.05. The molecule has 0 radical (unpaired) electrons. The molecule has 2 unspecified atom stereocenters. The number of ether oxygens (including phenoxy) is 2. The van der Waals surface area contributed by atoms with E-state index in [1.165, 1.54) is 11.8 Å². The molecule has 1 aromatic rings. The standard InChI is InChI=1S/C20H21N3O5/c1-3-27-17(24)16-10-9-15-14(11-21)20(2,18(25)23(15)16)22-19(26)28-12-13-7-5-4-6-8-13/h4-8,16H,3,9-10,12H2,1-2H3,(H,22,26). The van der Waals surface area contributed by atoms with Gasteiger partial charge in [0.1, 0.15) is 12.6 Å². The lowest BCUT2D eigenvalue weighted by atomic mass is 9.92. The van der Waals surface area contributed by atoms with Gasteiger partial charge in [-0.3, -0.25) is 9.69 Å². The van der Waals surface area contributed by atoms with Gasteiger partial charge in [0.15, 0.2) is 5.54 Å². The maximum atomic E-state index is 13.1. The van der Waals surface area contributed by atoms with Crippen molar-refractivity contribution in [1.29, 1.82) is 5.26 Å². The van der Waals surface area contributed by atoms with Crippen molar-refractivity contribution < 1.29 is 23.9 Å². The normalized spacial score (nSPS) is 23.2. The van der Waals surface area contributed by atoms with Crippen molar-refractivity contribution in [3.8, 4) is 6.07 Å². The van der Waals surface area contributed by atoms with E-state index in [1.54, 1.807) is 19.1 Å². The minimum absolute atomic E-state index is 0.0323. The average Bonchev–Trinajstić information content (AvgIpc) is 3.19. The second-order valence-electron chi connectivity index (χ2n) is 6.73. The highest BCUT2D eigenvalue weighted by Crippen LogP contribution is 2.42. The summed E-state index contributed by atoms with van der Waals surface area (Å²) >= 11 is 0. The van der Waals surface area contributed by atoms with E-state index in [1.807, 2.05) is 24.3 Å². The quantitative estimate of drug-likeness (QED) is 0.779. The number of amides is 2. The van der Waals surface area contributed by atoms with Crippen molar-refractivity contribution in [2.75, 3.05) is 6.61 Å². The van der Waals surface area contributed by atoms with Gasteiger partial charge in [-0.15, -0.1) is 0 Å². The van der Waals surface area contributed by atoms with Crippen molar-refractivity contribution in [1.82, 2.24) is 10.2 Å². The molecule has 0 aromatic heterocycles. The Morgan fingerprint density at radius 2 is 2.04 bits per heavy atom. The molecule has 1 N–H and O–H groups in total. The molecule has 28 heavy (non-hydrogen) atoms. The molecule has 1 saturated heterocycles. The zero-order valence-corrected chi connectivity index (χ0v) is 15.7. The Hall–Kier alpha value is -3.34. The van der Waals surface area contributed by atoms with Crippen LogP contribution in [0.3, 0.4) is 0 Å². The van der Waals surface area contributed by atoms with Gasteiger partial charge in [0.25, 0.3) is 5.91 Å². The number of carbonyl (C=O) groups is 3. The van der Waals surface area contributed by atoms with Crippen LogP contribution in [0.2, 0.25) is 0 Å². The number of nitrogens with zero attached hydrogens (tertiary/aromatic N) is 2. The molecule has 2 amide bonds. The maximum absolute atomic E-state index is 13.1.